The first kappa shape index (κ1) is 15.4. The number of nitrogens with zero attached hydrogens (tertiary/aromatic N) is 2. The first-order valence-electron chi connectivity index (χ1n) is 7.54. The van der Waals surface area contributed by atoms with E-state index in [4.69, 9.17) is 0 Å². The summed E-state index contributed by atoms with van der Waals surface area (Å²) in [4.78, 5) is 31.0. The molecule has 3 N–H and O–H groups in total. The average molecular weight is 351 g/mol. The van der Waals surface area contributed by atoms with Gasteiger partial charge in [0.2, 0.25) is 5.91 Å². The molecule has 0 aliphatic carbocycles. The molecule has 8 heteroatoms. The quantitative estimate of drug-likeness (QED) is 0.387. The molecule has 4 rings (SSSR count). The van der Waals surface area contributed by atoms with Crippen molar-refractivity contribution in [1.82, 2.24) is 20.2 Å². The maximum absolute atomic E-state index is 12.3. The van der Waals surface area contributed by atoms with Crippen molar-refractivity contribution in [2.24, 2.45) is 0 Å². The fourth-order valence-electron chi connectivity index (χ4n) is 2.55. The Morgan fingerprint density at radius 2 is 1.96 bits per heavy atom. The van der Waals surface area contributed by atoms with Crippen LogP contribution in [-0.4, -0.2) is 31.8 Å². The van der Waals surface area contributed by atoms with E-state index in [-0.39, 0.29) is 17.2 Å². The number of anilines is 1. The second-order valence-corrected chi connectivity index (χ2v) is 6.33. The number of hydrogen-bond donors (Lipinski definition) is 3. The van der Waals surface area contributed by atoms with Crippen molar-refractivity contribution in [2.75, 3.05) is 11.1 Å². The van der Waals surface area contributed by atoms with Gasteiger partial charge in [0.1, 0.15) is 5.39 Å². The number of thioether (sulfide) groups is 1. The van der Waals surface area contributed by atoms with Gasteiger partial charge in [-0.2, -0.15) is 5.10 Å². The molecule has 0 aliphatic heterocycles. The minimum atomic E-state index is -0.282. The van der Waals surface area contributed by atoms with Gasteiger partial charge in [0, 0.05) is 11.1 Å². The fraction of sp³-hybridized carbons (Fsp3) is 0.0588. The fourth-order valence-corrected chi connectivity index (χ4v) is 3.21. The van der Waals surface area contributed by atoms with Crippen LogP contribution in [0, 0.1) is 0 Å². The molecule has 0 unspecified atom stereocenters. The maximum Gasteiger partial charge on any atom is 0.262 e. The lowest BCUT2D eigenvalue weighted by atomic mass is 10.1. The summed E-state index contributed by atoms with van der Waals surface area (Å²) in [5.41, 5.74) is 0.880. The third kappa shape index (κ3) is 3.11. The van der Waals surface area contributed by atoms with Crippen LogP contribution in [0.25, 0.3) is 21.8 Å². The lowest BCUT2D eigenvalue weighted by molar-refractivity contribution is -0.113. The zero-order valence-corrected chi connectivity index (χ0v) is 13.8. The van der Waals surface area contributed by atoms with Crippen LogP contribution in [0.5, 0.6) is 0 Å². The van der Waals surface area contributed by atoms with Crippen LogP contribution in [-0.2, 0) is 4.79 Å². The van der Waals surface area contributed by atoms with Crippen molar-refractivity contribution in [3.63, 3.8) is 0 Å². The van der Waals surface area contributed by atoms with Crippen LogP contribution < -0.4 is 10.9 Å². The van der Waals surface area contributed by atoms with Gasteiger partial charge in [-0.15, -0.1) is 0 Å². The van der Waals surface area contributed by atoms with Crippen molar-refractivity contribution in [2.45, 2.75) is 5.16 Å². The molecule has 2 heterocycles. The minimum absolute atomic E-state index is 0.131. The molecule has 0 atom stereocenters. The standard InChI is InChI=1S/C17H13N5O2S/c23-14(19-13-7-3-5-10-4-1-2-6-11(10)13)9-25-17-20-15-12(8-18-22-15)16(24)21-17/h1-8H,9H2,(H,19,23)(H2,18,20,21,22,24). The van der Waals surface area contributed by atoms with E-state index in [1.165, 1.54) is 6.20 Å². The second-order valence-electron chi connectivity index (χ2n) is 5.37. The number of carbonyl (C=O) groups is 1. The van der Waals surface area contributed by atoms with E-state index in [1.807, 2.05) is 42.5 Å². The van der Waals surface area contributed by atoms with Gasteiger partial charge in [-0.25, -0.2) is 4.98 Å². The SMILES string of the molecule is O=C(CSc1nc2[nH]ncc2c(=O)[nH]1)Nc1cccc2ccccc12. The molecule has 25 heavy (non-hydrogen) atoms. The number of rotatable bonds is 4. The van der Waals surface area contributed by atoms with Gasteiger partial charge in [0.15, 0.2) is 10.8 Å². The summed E-state index contributed by atoms with van der Waals surface area (Å²) >= 11 is 1.16. The van der Waals surface area contributed by atoms with Gasteiger partial charge in [0.25, 0.3) is 5.56 Å². The number of H-pyrrole nitrogens is 2. The third-order valence-electron chi connectivity index (χ3n) is 3.70. The highest BCUT2D eigenvalue weighted by atomic mass is 32.2. The van der Waals surface area contributed by atoms with Crippen molar-refractivity contribution in [3.8, 4) is 0 Å². The Kier molecular flexibility index (Phi) is 3.95. The Morgan fingerprint density at radius 1 is 1.12 bits per heavy atom. The van der Waals surface area contributed by atoms with Crippen molar-refractivity contribution in [1.29, 1.82) is 0 Å². The first-order chi connectivity index (χ1) is 12.2. The average Bonchev–Trinajstić information content (AvgIpc) is 3.10. The van der Waals surface area contributed by atoms with Gasteiger partial charge < -0.3 is 10.3 Å². The predicted octanol–water partition coefficient (Wildman–Crippen LogP) is 2.53. The van der Waals surface area contributed by atoms with E-state index < -0.39 is 0 Å². The van der Waals surface area contributed by atoms with E-state index in [9.17, 15) is 9.59 Å². The van der Waals surface area contributed by atoms with Gasteiger partial charge in [-0.1, -0.05) is 48.2 Å². The molecule has 2 aromatic heterocycles. The topological polar surface area (TPSA) is 104 Å². The lowest BCUT2D eigenvalue weighted by Gasteiger charge is -2.08. The summed E-state index contributed by atoms with van der Waals surface area (Å²) in [7, 11) is 0. The van der Waals surface area contributed by atoms with Crippen molar-refractivity contribution in [3.05, 3.63) is 59.0 Å². The maximum atomic E-state index is 12.3. The van der Waals surface area contributed by atoms with E-state index in [0.717, 1.165) is 28.2 Å². The molecule has 0 bridgehead atoms. The van der Waals surface area contributed by atoms with Crippen molar-refractivity contribution < 1.29 is 4.79 Å². The van der Waals surface area contributed by atoms with Crippen LogP contribution in [0.3, 0.4) is 0 Å². The number of benzene rings is 2. The van der Waals surface area contributed by atoms with Crippen LogP contribution in [0.15, 0.2) is 58.6 Å². The highest BCUT2D eigenvalue weighted by Crippen LogP contribution is 2.23. The summed E-state index contributed by atoms with van der Waals surface area (Å²) in [6, 6.07) is 13.6. The summed E-state index contributed by atoms with van der Waals surface area (Å²) in [6.45, 7) is 0. The van der Waals surface area contributed by atoms with Gasteiger partial charge in [-0.3, -0.25) is 14.7 Å². The molecule has 0 spiro atoms. The minimum Gasteiger partial charge on any atom is -0.325 e. The number of nitrogens with one attached hydrogen (secondary N) is 3. The van der Waals surface area contributed by atoms with Crippen LogP contribution >= 0.6 is 11.8 Å². The zero-order chi connectivity index (χ0) is 17.2. The Morgan fingerprint density at radius 3 is 2.88 bits per heavy atom. The van der Waals surface area contributed by atoms with E-state index in [2.05, 4.69) is 25.5 Å². The number of fused-ring (bicyclic) bond motifs is 2. The zero-order valence-electron chi connectivity index (χ0n) is 12.9. The second kappa shape index (κ2) is 6.40. The molecule has 4 aromatic rings. The Hall–Kier alpha value is -3.13. The number of aromatic amines is 2. The lowest BCUT2D eigenvalue weighted by Crippen LogP contribution is -2.15. The summed E-state index contributed by atoms with van der Waals surface area (Å²) in [5.74, 6) is -0.0417. The van der Waals surface area contributed by atoms with Gasteiger partial charge >= 0.3 is 0 Å². The molecule has 0 radical (unpaired) electrons. The third-order valence-corrected chi connectivity index (χ3v) is 4.57. The summed E-state index contributed by atoms with van der Waals surface area (Å²) < 4.78 is 0. The largest absolute Gasteiger partial charge is 0.325 e. The Bertz CT molecular complexity index is 1130. The van der Waals surface area contributed by atoms with Crippen LogP contribution in [0.2, 0.25) is 0 Å². The molecule has 1 amide bonds. The number of hydrogen-bond acceptors (Lipinski definition) is 5. The monoisotopic (exact) mass is 351 g/mol. The predicted molar refractivity (Wildman–Crippen MR) is 97.8 cm³/mol. The molecule has 7 nitrogen and oxygen atoms in total. The molecule has 0 fully saturated rings. The van der Waals surface area contributed by atoms with E-state index >= 15 is 0 Å². The Labute approximate surface area is 145 Å². The number of aromatic nitrogens is 4. The molecule has 124 valence electrons. The molecule has 0 saturated carbocycles. The Balaban J connectivity index is 1.49. The molecular weight excluding hydrogens is 338 g/mol. The van der Waals surface area contributed by atoms with E-state index in [0.29, 0.717) is 16.2 Å². The normalized spacial score (nSPS) is 11.0. The number of amides is 1. The van der Waals surface area contributed by atoms with E-state index in [1.54, 1.807) is 0 Å². The van der Waals surface area contributed by atoms with Gasteiger partial charge in [-0.05, 0) is 11.5 Å². The smallest absolute Gasteiger partial charge is 0.262 e. The highest BCUT2D eigenvalue weighted by Gasteiger charge is 2.10. The molecule has 0 aliphatic rings. The van der Waals surface area contributed by atoms with Crippen LogP contribution in [0.1, 0.15) is 0 Å². The summed E-state index contributed by atoms with van der Waals surface area (Å²) in [6.07, 6.45) is 1.42. The molecule has 2 aromatic carbocycles. The number of carbonyl (C=O) groups excluding carboxylic acids is 1. The molecular formula is C17H13N5O2S. The highest BCUT2D eigenvalue weighted by molar-refractivity contribution is 7.99. The summed E-state index contributed by atoms with van der Waals surface area (Å²) in [5, 5.41) is 12.1. The first-order valence-corrected chi connectivity index (χ1v) is 8.53. The molecule has 0 saturated heterocycles. The van der Waals surface area contributed by atoms with Gasteiger partial charge in [0.05, 0.1) is 11.9 Å². The van der Waals surface area contributed by atoms with Crippen molar-refractivity contribution >= 4 is 45.2 Å². The van der Waals surface area contributed by atoms with Crippen LogP contribution in [0.4, 0.5) is 5.69 Å².